The Bertz CT molecular complexity index is 333. The highest BCUT2D eigenvalue weighted by atomic mass is 16.4. The summed E-state index contributed by atoms with van der Waals surface area (Å²) in [7, 11) is 0. The quantitative estimate of drug-likeness (QED) is 0.563. The van der Waals surface area contributed by atoms with Crippen molar-refractivity contribution in [1.82, 2.24) is 9.80 Å². The zero-order valence-electron chi connectivity index (χ0n) is 10.7. The van der Waals surface area contributed by atoms with Gasteiger partial charge in [0.05, 0.1) is 12.1 Å². The van der Waals surface area contributed by atoms with Crippen molar-refractivity contribution in [3.8, 4) is 0 Å². The summed E-state index contributed by atoms with van der Waals surface area (Å²) in [5.41, 5.74) is 0. The summed E-state index contributed by atoms with van der Waals surface area (Å²) >= 11 is 0. The zero-order valence-corrected chi connectivity index (χ0v) is 10.7. The molecule has 9 heteroatoms. The van der Waals surface area contributed by atoms with E-state index in [0.29, 0.717) is 0 Å². The van der Waals surface area contributed by atoms with E-state index in [1.165, 1.54) is 13.8 Å². The van der Waals surface area contributed by atoms with Gasteiger partial charge in [-0.15, -0.1) is 0 Å². The Morgan fingerprint density at radius 3 is 1.74 bits per heavy atom. The number of hydrogen-bond acceptors (Lipinski definition) is 4. The van der Waals surface area contributed by atoms with E-state index in [4.69, 9.17) is 20.4 Å². The van der Waals surface area contributed by atoms with E-state index in [1.54, 1.807) is 0 Å². The van der Waals surface area contributed by atoms with Gasteiger partial charge in [0.15, 0.2) is 0 Å². The molecule has 0 aliphatic heterocycles. The molecular formula is C10H18N2O7. The molecule has 0 saturated heterocycles. The van der Waals surface area contributed by atoms with Crippen LogP contribution in [0.2, 0.25) is 0 Å². The van der Waals surface area contributed by atoms with Crippen LogP contribution in [0.4, 0.5) is 14.4 Å². The standard InChI is InChI=1S/C10H18N2O7/c1-6(11(8(14)15)4-3-5-13)7(2)12(9(16)17)10(18)19/h6-7,13H,3-5H2,1-2H3,(H,14,15)(H,16,17)(H,18,19). The van der Waals surface area contributed by atoms with Crippen LogP contribution in [0.1, 0.15) is 20.3 Å². The van der Waals surface area contributed by atoms with E-state index in [1.807, 2.05) is 0 Å². The molecule has 3 amide bonds. The van der Waals surface area contributed by atoms with Gasteiger partial charge in [0, 0.05) is 13.2 Å². The lowest BCUT2D eigenvalue weighted by Crippen LogP contribution is -2.54. The number of aliphatic hydroxyl groups excluding tert-OH is 1. The maximum absolute atomic E-state index is 11.0. The van der Waals surface area contributed by atoms with Crippen LogP contribution in [0.5, 0.6) is 0 Å². The van der Waals surface area contributed by atoms with Gasteiger partial charge < -0.3 is 25.3 Å². The predicted molar refractivity (Wildman–Crippen MR) is 63.2 cm³/mol. The van der Waals surface area contributed by atoms with Gasteiger partial charge in [0.25, 0.3) is 0 Å². The summed E-state index contributed by atoms with van der Waals surface area (Å²) < 4.78 is 0. The predicted octanol–water partition coefficient (Wildman–Crippen LogP) is 0.784. The Labute approximate surface area is 109 Å². The third-order valence-corrected chi connectivity index (χ3v) is 2.81. The van der Waals surface area contributed by atoms with E-state index in [2.05, 4.69) is 0 Å². The van der Waals surface area contributed by atoms with E-state index in [-0.39, 0.29) is 24.5 Å². The molecule has 0 aromatic carbocycles. The summed E-state index contributed by atoms with van der Waals surface area (Å²) in [5, 5.41) is 35.3. The normalized spacial score (nSPS) is 13.4. The Morgan fingerprint density at radius 1 is 0.947 bits per heavy atom. The molecule has 2 unspecified atom stereocenters. The average Bonchev–Trinajstić information content (AvgIpc) is 2.27. The molecule has 19 heavy (non-hydrogen) atoms. The second-order valence-corrected chi connectivity index (χ2v) is 3.97. The number of rotatable bonds is 6. The van der Waals surface area contributed by atoms with Crippen molar-refractivity contribution in [2.45, 2.75) is 32.4 Å². The second kappa shape index (κ2) is 7.41. The number of carboxylic acid groups (broad SMARTS) is 3. The highest BCUT2D eigenvalue weighted by Crippen LogP contribution is 2.13. The third-order valence-electron chi connectivity index (χ3n) is 2.81. The highest BCUT2D eigenvalue weighted by molar-refractivity contribution is 5.86. The van der Waals surface area contributed by atoms with Crippen LogP contribution >= 0.6 is 0 Å². The smallest absolute Gasteiger partial charge is 0.417 e. The first kappa shape index (κ1) is 17.0. The Kier molecular flexibility index (Phi) is 6.62. The Morgan fingerprint density at radius 2 is 1.42 bits per heavy atom. The summed E-state index contributed by atoms with van der Waals surface area (Å²) in [6, 6.07) is -1.93. The average molecular weight is 278 g/mol. The van der Waals surface area contributed by atoms with Gasteiger partial charge in [-0.05, 0) is 20.3 Å². The van der Waals surface area contributed by atoms with Crippen LogP contribution in [-0.2, 0) is 0 Å². The van der Waals surface area contributed by atoms with Gasteiger partial charge in [0.2, 0.25) is 0 Å². The Hall–Kier alpha value is -2.03. The summed E-state index contributed by atoms with van der Waals surface area (Å²) in [6.07, 6.45) is -4.45. The largest absolute Gasteiger partial charge is 0.465 e. The van der Waals surface area contributed by atoms with Crippen molar-refractivity contribution in [3.63, 3.8) is 0 Å². The first-order chi connectivity index (χ1) is 8.73. The Balaban J connectivity index is 5.00. The van der Waals surface area contributed by atoms with Crippen LogP contribution < -0.4 is 0 Å². The molecular weight excluding hydrogens is 260 g/mol. The first-order valence-corrected chi connectivity index (χ1v) is 5.59. The number of imide groups is 1. The number of nitrogens with zero attached hydrogens (tertiary/aromatic N) is 2. The first-order valence-electron chi connectivity index (χ1n) is 5.59. The van der Waals surface area contributed by atoms with Crippen LogP contribution in [-0.4, -0.2) is 73.7 Å². The molecule has 0 aliphatic rings. The molecule has 0 spiro atoms. The van der Waals surface area contributed by atoms with Crippen LogP contribution in [0.3, 0.4) is 0 Å². The molecule has 0 aromatic rings. The van der Waals surface area contributed by atoms with Crippen molar-refractivity contribution in [2.24, 2.45) is 0 Å². The van der Waals surface area contributed by atoms with Gasteiger partial charge in [-0.25, -0.2) is 19.3 Å². The third kappa shape index (κ3) is 4.62. The minimum Gasteiger partial charge on any atom is -0.465 e. The number of aliphatic hydroxyl groups is 1. The van der Waals surface area contributed by atoms with Crippen molar-refractivity contribution >= 4 is 18.3 Å². The van der Waals surface area contributed by atoms with Crippen LogP contribution in [0.25, 0.3) is 0 Å². The molecule has 0 heterocycles. The fourth-order valence-corrected chi connectivity index (χ4v) is 1.62. The van der Waals surface area contributed by atoms with E-state index in [0.717, 1.165) is 4.90 Å². The molecule has 110 valence electrons. The fourth-order valence-electron chi connectivity index (χ4n) is 1.62. The van der Waals surface area contributed by atoms with Crippen LogP contribution in [0.15, 0.2) is 0 Å². The lowest BCUT2D eigenvalue weighted by Gasteiger charge is -2.34. The van der Waals surface area contributed by atoms with Gasteiger partial charge in [-0.1, -0.05) is 0 Å². The molecule has 0 bridgehead atoms. The van der Waals surface area contributed by atoms with Crippen molar-refractivity contribution in [3.05, 3.63) is 0 Å². The van der Waals surface area contributed by atoms with E-state index >= 15 is 0 Å². The minimum absolute atomic E-state index is 0.00951. The highest BCUT2D eigenvalue weighted by Gasteiger charge is 2.34. The molecule has 0 aromatic heterocycles. The van der Waals surface area contributed by atoms with E-state index in [9.17, 15) is 14.4 Å². The number of amides is 3. The monoisotopic (exact) mass is 278 g/mol. The zero-order chi connectivity index (χ0) is 15.2. The lowest BCUT2D eigenvalue weighted by atomic mass is 10.1. The molecule has 2 atom stereocenters. The van der Waals surface area contributed by atoms with Crippen molar-refractivity contribution in [2.75, 3.05) is 13.2 Å². The van der Waals surface area contributed by atoms with Crippen LogP contribution in [0, 0.1) is 0 Å². The summed E-state index contributed by atoms with van der Waals surface area (Å²) in [5.74, 6) is 0. The maximum atomic E-state index is 11.0. The molecule has 0 radical (unpaired) electrons. The lowest BCUT2D eigenvalue weighted by molar-refractivity contribution is 0.0699. The van der Waals surface area contributed by atoms with E-state index < -0.39 is 30.4 Å². The minimum atomic E-state index is -1.67. The SMILES string of the molecule is CC(C(C)N(C(=O)O)C(=O)O)N(CCCO)C(=O)O. The number of carbonyl (C=O) groups is 3. The maximum Gasteiger partial charge on any atom is 0.417 e. The number of hydrogen-bond donors (Lipinski definition) is 4. The second-order valence-electron chi connectivity index (χ2n) is 3.97. The fraction of sp³-hybridized carbons (Fsp3) is 0.700. The summed E-state index contributed by atoms with van der Waals surface area (Å²) in [6.45, 7) is 2.49. The topological polar surface area (TPSA) is 139 Å². The van der Waals surface area contributed by atoms with Gasteiger partial charge in [0.1, 0.15) is 0 Å². The molecule has 0 saturated carbocycles. The molecule has 0 rings (SSSR count). The van der Waals surface area contributed by atoms with Gasteiger partial charge >= 0.3 is 18.3 Å². The van der Waals surface area contributed by atoms with Gasteiger partial charge in [-0.3, -0.25) is 0 Å². The van der Waals surface area contributed by atoms with Gasteiger partial charge in [-0.2, -0.15) is 0 Å². The molecule has 0 aliphatic carbocycles. The summed E-state index contributed by atoms with van der Waals surface area (Å²) in [4.78, 5) is 33.8. The molecule has 4 N–H and O–H groups in total. The van der Waals surface area contributed by atoms with Crippen molar-refractivity contribution < 1.29 is 34.8 Å². The van der Waals surface area contributed by atoms with Crippen molar-refractivity contribution in [1.29, 1.82) is 0 Å². The molecule has 0 fully saturated rings. The molecule has 9 nitrogen and oxygen atoms in total.